The average Bonchev–Trinajstić information content (AvgIpc) is 2.23. The number of carbonyl (C=O) groups is 1. The third-order valence-corrected chi connectivity index (χ3v) is 2.38. The lowest BCUT2D eigenvalue weighted by Gasteiger charge is -2.10. The number of nitrogens with two attached hydrogens (primary N) is 1. The van der Waals surface area contributed by atoms with E-state index in [9.17, 15) is 9.59 Å². The summed E-state index contributed by atoms with van der Waals surface area (Å²) in [5.74, 6) is -0.532. The van der Waals surface area contributed by atoms with Gasteiger partial charge in [-0.05, 0) is 18.6 Å². The normalized spacial score (nSPS) is 11.5. The number of carbonyl (C=O) groups excluding carboxylic acids is 1. The fourth-order valence-corrected chi connectivity index (χ4v) is 1.33. The van der Waals surface area contributed by atoms with Crippen LogP contribution in [0, 0.1) is 12.8 Å². The van der Waals surface area contributed by atoms with E-state index in [4.69, 9.17) is 5.73 Å². The van der Waals surface area contributed by atoms with Gasteiger partial charge in [-0.15, -0.1) is 12.4 Å². The highest BCUT2D eigenvalue weighted by atomic mass is 35.5. The lowest BCUT2D eigenvalue weighted by molar-refractivity contribution is -0.119. The standard InChI is InChI=1S/C11H17N3O2.ClH/c1-7-4-9(11(16)14(3)6-7)13-10(15)8(2)5-12;/h4,6,8H,5,12H2,1-3H3,(H,13,15);1H. The van der Waals surface area contributed by atoms with Gasteiger partial charge >= 0.3 is 0 Å². The van der Waals surface area contributed by atoms with Crippen LogP contribution in [-0.4, -0.2) is 17.0 Å². The summed E-state index contributed by atoms with van der Waals surface area (Å²) >= 11 is 0. The first kappa shape index (κ1) is 15.7. The van der Waals surface area contributed by atoms with Crippen LogP contribution in [0.25, 0.3) is 0 Å². The molecule has 3 N–H and O–H groups in total. The van der Waals surface area contributed by atoms with Crippen molar-refractivity contribution in [3.8, 4) is 0 Å². The van der Waals surface area contributed by atoms with Crippen LogP contribution in [0.15, 0.2) is 17.1 Å². The van der Waals surface area contributed by atoms with E-state index in [1.54, 1.807) is 26.2 Å². The Bertz CT molecular complexity index is 457. The molecule has 0 aromatic carbocycles. The van der Waals surface area contributed by atoms with Gasteiger partial charge in [0.1, 0.15) is 5.69 Å². The number of halogens is 1. The van der Waals surface area contributed by atoms with Crippen molar-refractivity contribution < 1.29 is 4.79 Å². The third-order valence-electron chi connectivity index (χ3n) is 2.38. The summed E-state index contributed by atoms with van der Waals surface area (Å²) in [6.45, 7) is 3.84. The monoisotopic (exact) mass is 259 g/mol. The fourth-order valence-electron chi connectivity index (χ4n) is 1.33. The van der Waals surface area contributed by atoms with Crippen LogP contribution < -0.4 is 16.6 Å². The molecule has 0 aliphatic rings. The van der Waals surface area contributed by atoms with Gasteiger partial charge in [0.25, 0.3) is 5.56 Å². The van der Waals surface area contributed by atoms with Crippen LogP contribution in [-0.2, 0) is 11.8 Å². The number of amides is 1. The van der Waals surface area contributed by atoms with E-state index in [0.29, 0.717) is 5.69 Å². The molecule has 96 valence electrons. The topological polar surface area (TPSA) is 77.1 Å². The van der Waals surface area contributed by atoms with E-state index in [1.165, 1.54) is 4.57 Å². The maximum absolute atomic E-state index is 11.7. The lowest BCUT2D eigenvalue weighted by atomic mass is 10.1. The zero-order valence-corrected chi connectivity index (χ0v) is 11.0. The number of aromatic nitrogens is 1. The number of hydrogen-bond donors (Lipinski definition) is 2. The Balaban J connectivity index is 0.00000256. The minimum absolute atomic E-state index is 0. The van der Waals surface area contributed by atoms with E-state index in [1.807, 2.05) is 6.92 Å². The van der Waals surface area contributed by atoms with Crippen LogP contribution >= 0.6 is 12.4 Å². The average molecular weight is 260 g/mol. The Hall–Kier alpha value is -1.33. The minimum atomic E-state index is -0.301. The molecule has 1 aromatic heterocycles. The molecule has 0 saturated carbocycles. The summed E-state index contributed by atoms with van der Waals surface area (Å²) < 4.78 is 1.44. The molecule has 1 heterocycles. The van der Waals surface area contributed by atoms with Crippen molar-refractivity contribution in [2.45, 2.75) is 13.8 Å². The first-order chi connectivity index (χ1) is 7.45. The number of pyridine rings is 1. The molecule has 17 heavy (non-hydrogen) atoms. The number of nitrogens with one attached hydrogen (secondary N) is 1. The predicted molar refractivity (Wildman–Crippen MR) is 70.5 cm³/mol. The first-order valence-corrected chi connectivity index (χ1v) is 5.14. The molecule has 0 bridgehead atoms. The van der Waals surface area contributed by atoms with Crippen molar-refractivity contribution >= 4 is 24.0 Å². The van der Waals surface area contributed by atoms with Gasteiger partial charge in [0.05, 0.1) is 0 Å². The van der Waals surface area contributed by atoms with Gasteiger partial charge in [0.2, 0.25) is 5.91 Å². The molecule has 5 nitrogen and oxygen atoms in total. The largest absolute Gasteiger partial charge is 0.330 e. The van der Waals surface area contributed by atoms with Crippen molar-refractivity contribution in [3.63, 3.8) is 0 Å². The predicted octanol–water partition coefficient (Wildman–Crippen LogP) is 0.649. The van der Waals surface area contributed by atoms with Crippen molar-refractivity contribution in [1.82, 2.24) is 4.57 Å². The van der Waals surface area contributed by atoms with Gasteiger partial charge in [0.15, 0.2) is 0 Å². The molecule has 0 aliphatic heterocycles. The molecular formula is C11H18ClN3O2. The summed E-state index contributed by atoms with van der Waals surface area (Å²) in [6.07, 6.45) is 1.71. The molecule has 1 aromatic rings. The highest BCUT2D eigenvalue weighted by Crippen LogP contribution is 2.05. The van der Waals surface area contributed by atoms with E-state index >= 15 is 0 Å². The number of aryl methyl sites for hydroxylation is 2. The second-order valence-electron chi connectivity index (χ2n) is 3.97. The van der Waals surface area contributed by atoms with Crippen LogP contribution in [0.3, 0.4) is 0 Å². The molecule has 0 fully saturated rings. The van der Waals surface area contributed by atoms with E-state index in [0.717, 1.165) is 5.56 Å². The van der Waals surface area contributed by atoms with Crippen LogP contribution in [0.2, 0.25) is 0 Å². The molecular weight excluding hydrogens is 242 g/mol. The van der Waals surface area contributed by atoms with Gasteiger partial charge < -0.3 is 15.6 Å². The van der Waals surface area contributed by atoms with Crippen molar-refractivity contribution in [2.24, 2.45) is 18.7 Å². The Kier molecular flexibility index (Phi) is 5.91. The van der Waals surface area contributed by atoms with Gasteiger partial charge in [-0.2, -0.15) is 0 Å². The number of nitrogens with zero attached hydrogens (tertiary/aromatic N) is 1. The van der Waals surface area contributed by atoms with E-state index in [-0.39, 0.29) is 36.3 Å². The smallest absolute Gasteiger partial charge is 0.274 e. The van der Waals surface area contributed by atoms with Crippen LogP contribution in [0.1, 0.15) is 12.5 Å². The van der Waals surface area contributed by atoms with Gasteiger partial charge in [0, 0.05) is 25.7 Å². The molecule has 0 radical (unpaired) electrons. The maximum Gasteiger partial charge on any atom is 0.274 e. The number of hydrogen-bond acceptors (Lipinski definition) is 3. The maximum atomic E-state index is 11.7. The molecule has 1 rings (SSSR count). The van der Waals surface area contributed by atoms with E-state index in [2.05, 4.69) is 5.32 Å². The SMILES string of the molecule is Cc1cc(NC(=O)C(C)CN)c(=O)n(C)c1.Cl. The van der Waals surface area contributed by atoms with Crippen LogP contribution in [0.5, 0.6) is 0 Å². The third kappa shape index (κ3) is 3.87. The van der Waals surface area contributed by atoms with E-state index < -0.39 is 0 Å². The second kappa shape index (κ2) is 6.42. The summed E-state index contributed by atoms with van der Waals surface area (Å²) in [4.78, 5) is 23.3. The molecule has 0 aliphatic carbocycles. The fraction of sp³-hybridized carbons (Fsp3) is 0.455. The highest BCUT2D eigenvalue weighted by molar-refractivity contribution is 5.92. The molecule has 0 saturated heterocycles. The Labute approximate surface area is 106 Å². The first-order valence-electron chi connectivity index (χ1n) is 5.14. The van der Waals surface area contributed by atoms with Gasteiger partial charge in [-0.1, -0.05) is 6.92 Å². The molecule has 0 spiro atoms. The zero-order chi connectivity index (χ0) is 12.3. The Morgan fingerprint density at radius 3 is 2.71 bits per heavy atom. The molecule has 1 atom stereocenters. The Morgan fingerprint density at radius 1 is 1.59 bits per heavy atom. The van der Waals surface area contributed by atoms with Crippen molar-refractivity contribution in [3.05, 3.63) is 28.2 Å². The zero-order valence-electron chi connectivity index (χ0n) is 10.2. The summed E-state index contributed by atoms with van der Waals surface area (Å²) in [6, 6.07) is 1.66. The van der Waals surface area contributed by atoms with Crippen molar-refractivity contribution in [1.29, 1.82) is 0 Å². The molecule has 1 amide bonds. The molecule has 1 unspecified atom stereocenters. The lowest BCUT2D eigenvalue weighted by Crippen LogP contribution is -2.30. The minimum Gasteiger partial charge on any atom is -0.330 e. The van der Waals surface area contributed by atoms with Gasteiger partial charge in [-0.25, -0.2) is 0 Å². The Morgan fingerprint density at radius 2 is 2.18 bits per heavy atom. The number of rotatable bonds is 3. The highest BCUT2D eigenvalue weighted by Gasteiger charge is 2.13. The summed E-state index contributed by atoms with van der Waals surface area (Å²) in [5.41, 5.74) is 6.37. The summed E-state index contributed by atoms with van der Waals surface area (Å²) in [7, 11) is 1.65. The van der Waals surface area contributed by atoms with Crippen molar-refractivity contribution in [2.75, 3.05) is 11.9 Å². The summed E-state index contributed by atoms with van der Waals surface area (Å²) in [5, 5.41) is 2.59. The van der Waals surface area contributed by atoms with Gasteiger partial charge in [-0.3, -0.25) is 9.59 Å². The van der Waals surface area contributed by atoms with Crippen LogP contribution in [0.4, 0.5) is 5.69 Å². The molecule has 6 heteroatoms. The number of anilines is 1. The quantitative estimate of drug-likeness (QED) is 0.837. The second-order valence-corrected chi connectivity index (χ2v) is 3.97.